The fourth-order valence-corrected chi connectivity index (χ4v) is 3.01. The van der Waals surface area contributed by atoms with Crippen LogP contribution in [0.5, 0.6) is 0 Å². The van der Waals surface area contributed by atoms with Gasteiger partial charge in [-0.15, -0.1) is 0 Å². The Morgan fingerprint density at radius 2 is 1.88 bits per heavy atom. The number of benzene rings is 2. The average molecular weight is 348 g/mol. The van der Waals surface area contributed by atoms with Gasteiger partial charge < -0.3 is 10.6 Å². The molecule has 0 bridgehead atoms. The lowest BCUT2D eigenvalue weighted by Crippen LogP contribution is -2.28. The Kier molecular flexibility index (Phi) is 5.08. The van der Waals surface area contributed by atoms with Crippen LogP contribution in [-0.4, -0.2) is 19.0 Å². The predicted octanol–water partition coefficient (Wildman–Crippen LogP) is 4.42. The normalized spacial score (nSPS) is 18.0. The monoisotopic (exact) mass is 348 g/mol. The number of halogens is 3. The topological polar surface area (TPSA) is 41.1 Å². The second-order valence-corrected chi connectivity index (χ2v) is 6.20. The van der Waals surface area contributed by atoms with Gasteiger partial charge in [0.05, 0.1) is 5.56 Å². The first-order valence-electron chi connectivity index (χ1n) is 8.23. The lowest BCUT2D eigenvalue weighted by molar-refractivity contribution is -0.137. The summed E-state index contributed by atoms with van der Waals surface area (Å²) in [7, 11) is 0. The van der Waals surface area contributed by atoms with E-state index in [0.717, 1.165) is 38.1 Å². The van der Waals surface area contributed by atoms with Crippen molar-refractivity contribution >= 4 is 11.6 Å². The smallest absolute Gasteiger partial charge is 0.322 e. The Morgan fingerprint density at radius 3 is 2.52 bits per heavy atom. The largest absolute Gasteiger partial charge is 0.416 e. The molecule has 3 nitrogen and oxygen atoms in total. The Bertz CT molecular complexity index is 735. The second kappa shape index (κ2) is 7.27. The van der Waals surface area contributed by atoms with Crippen LogP contribution in [0.25, 0.3) is 0 Å². The molecule has 6 heteroatoms. The summed E-state index contributed by atoms with van der Waals surface area (Å²) < 4.78 is 38.2. The van der Waals surface area contributed by atoms with Gasteiger partial charge in [0.15, 0.2) is 0 Å². The zero-order chi connectivity index (χ0) is 17.9. The first-order valence-corrected chi connectivity index (χ1v) is 8.23. The van der Waals surface area contributed by atoms with Crippen molar-refractivity contribution in [2.24, 2.45) is 0 Å². The van der Waals surface area contributed by atoms with Crippen molar-refractivity contribution in [2.45, 2.75) is 24.9 Å². The molecule has 2 N–H and O–H groups in total. The van der Waals surface area contributed by atoms with Gasteiger partial charge in [-0.25, -0.2) is 0 Å². The maximum absolute atomic E-state index is 12.7. The molecule has 1 aliphatic rings. The minimum atomic E-state index is -4.47. The van der Waals surface area contributed by atoms with Crippen LogP contribution < -0.4 is 10.6 Å². The van der Waals surface area contributed by atoms with E-state index in [1.165, 1.54) is 17.7 Å². The van der Waals surface area contributed by atoms with E-state index in [4.69, 9.17) is 0 Å². The number of carbonyl (C=O) groups is 1. The van der Waals surface area contributed by atoms with Gasteiger partial charge in [-0.2, -0.15) is 13.2 Å². The molecule has 2 aromatic carbocycles. The third-order valence-electron chi connectivity index (χ3n) is 4.39. The highest BCUT2D eigenvalue weighted by Crippen LogP contribution is 2.30. The number of nitrogens with one attached hydrogen (secondary N) is 2. The third kappa shape index (κ3) is 4.39. The van der Waals surface area contributed by atoms with Crippen molar-refractivity contribution in [3.05, 3.63) is 65.2 Å². The van der Waals surface area contributed by atoms with Crippen LogP contribution in [-0.2, 0) is 6.18 Å². The molecule has 1 saturated heterocycles. The zero-order valence-electron chi connectivity index (χ0n) is 13.6. The number of anilines is 1. The van der Waals surface area contributed by atoms with Crippen molar-refractivity contribution in [1.29, 1.82) is 0 Å². The van der Waals surface area contributed by atoms with E-state index >= 15 is 0 Å². The Balaban J connectivity index is 1.68. The number of alkyl halides is 3. The number of rotatable bonds is 3. The van der Waals surface area contributed by atoms with Gasteiger partial charge in [-0.1, -0.05) is 18.2 Å². The molecule has 25 heavy (non-hydrogen) atoms. The quantitative estimate of drug-likeness (QED) is 0.862. The minimum absolute atomic E-state index is 0.0182. The minimum Gasteiger partial charge on any atom is -0.322 e. The molecule has 0 unspecified atom stereocenters. The van der Waals surface area contributed by atoms with E-state index in [1.54, 1.807) is 12.1 Å². The van der Waals surface area contributed by atoms with E-state index in [-0.39, 0.29) is 5.56 Å². The SMILES string of the molecule is O=C(Nc1ccc([C@H]2CCCNC2)cc1)c1cccc(C(F)(F)F)c1. The van der Waals surface area contributed by atoms with Crippen LogP contribution in [0.4, 0.5) is 18.9 Å². The van der Waals surface area contributed by atoms with Gasteiger partial charge in [-0.3, -0.25) is 4.79 Å². The van der Waals surface area contributed by atoms with Crippen molar-refractivity contribution < 1.29 is 18.0 Å². The highest BCUT2D eigenvalue weighted by atomic mass is 19.4. The molecule has 0 saturated carbocycles. The first kappa shape index (κ1) is 17.5. The summed E-state index contributed by atoms with van der Waals surface area (Å²) in [4.78, 5) is 12.2. The fourth-order valence-electron chi connectivity index (χ4n) is 3.01. The summed E-state index contributed by atoms with van der Waals surface area (Å²) in [6.45, 7) is 1.98. The van der Waals surface area contributed by atoms with Crippen molar-refractivity contribution in [2.75, 3.05) is 18.4 Å². The molecular formula is C19H19F3N2O. The Labute approximate surface area is 144 Å². The summed E-state index contributed by atoms with van der Waals surface area (Å²) in [5.41, 5.74) is 0.912. The summed E-state index contributed by atoms with van der Waals surface area (Å²) in [6.07, 6.45) is -2.20. The molecule has 0 spiro atoms. The fraction of sp³-hybridized carbons (Fsp3) is 0.316. The van der Waals surface area contributed by atoms with Gasteiger partial charge in [0.1, 0.15) is 0 Å². The second-order valence-electron chi connectivity index (χ2n) is 6.20. The van der Waals surface area contributed by atoms with Crippen molar-refractivity contribution in [3.8, 4) is 0 Å². The summed E-state index contributed by atoms with van der Waals surface area (Å²) in [6, 6.07) is 11.9. The molecule has 1 fully saturated rings. The lowest BCUT2D eigenvalue weighted by atomic mass is 9.91. The molecule has 0 aromatic heterocycles. The van der Waals surface area contributed by atoms with E-state index in [1.807, 2.05) is 12.1 Å². The number of piperidine rings is 1. The van der Waals surface area contributed by atoms with Crippen molar-refractivity contribution in [3.63, 3.8) is 0 Å². The molecule has 0 radical (unpaired) electrons. The standard InChI is InChI=1S/C19H19F3N2O/c20-19(21,22)16-5-1-3-14(11-16)18(25)24-17-8-6-13(7-9-17)15-4-2-10-23-12-15/h1,3,5-9,11,15,23H,2,4,10,12H2,(H,24,25)/t15-/m0/s1. The summed E-state index contributed by atoms with van der Waals surface area (Å²) in [5.74, 6) is -0.0971. The highest BCUT2D eigenvalue weighted by Gasteiger charge is 2.30. The van der Waals surface area contributed by atoms with E-state index in [9.17, 15) is 18.0 Å². The van der Waals surface area contributed by atoms with Crippen LogP contribution in [0.2, 0.25) is 0 Å². The molecule has 1 heterocycles. The van der Waals surface area contributed by atoms with Crippen LogP contribution in [0.1, 0.15) is 40.2 Å². The molecule has 0 aliphatic carbocycles. The van der Waals surface area contributed by atoms with Gasteiger partial charge in [0, 0.05) is 17.8 Å². The third-order valence-corrected chi connectivity index (χ3v) is 4.39. The van der Waals surface area contributed by atoms with Gasteiger partial charge >= 0.3 is 6.18 Å². The Hall–Kier alpha value is -2.34. The van der Waals surface area contributed by atoms with Crippen LogP contribution in [0.15, 0.2) is 48.5 Å². The maximum Gasteiger partial charge on any atom is 0.416 e. The molecule has 132 valence electrons. The number of carbonyl (C=O) groups excluding carboxylic acids is 1. The molecule has 3 rings (SSSR count). The Morgan fingerprint density at radius 1 is 1.12 bits per heavy atom. The van der Waals surface area contributed by atoms with Crippen LogP contribution >= 0.6 is 0 Å². The van der Waals surface area contributed by atoms with Gasteiger partial charge in [0.2, 0.25) is 0 Å². The molecule has 1 atom stereocenters. The number of hydrogen-bond acceptors (Lipinski definition) is 2. The van der Waals surface area contributed by atoms with E-state index < -0.39 is 17.6 Å². The average Bonchev–Trinajstić information content (AvgIpc) is 2.62. The molecule has 1 aliphatic heterocycles. The van der Waals surface area contributed by atoms with Gasteiger partial charge in [-0.05, 0) is 61.2 Å². The van der Waals surface area contributed by atoms with E-state index in [2.05, 4.69) is 10.6 Å². The van der Waals surface area contributed by atoms with Crippen molar-refractivity contribution in [1.82, 2.24) is 5.32 Å². The zero-order valence-corrected chi connectivity index (χ0v) is 13.6. The number of hydrogen-bond donors (Lipinski definition) is 2. The predicted molar refractivity (Wildman–Crippen MR) is 90.7 cm³/mol. The molecular weight excluding hydrogens is 329 g/mol. The lowest BCUT2D eigenvalue weighted by Gasteiger charge is -2.23. The molecule has 2 aromatic rings. The molecule has 1 amide bonds. The van der Waals surface area contributed by atoms with Gasteiger partial charge in [0.25, 0.3) is 5.91 Å². The first-order chi connectivity index (χ1) is 11.9. The number of amides is 1. The van der Waals surface area contributed by atoms with Crippen LogP contribution in [0, 0.1) is 0 Å². The maximum atomic E-state index is 12.7. The highest BCUT2D eigenvalue weighted by molar-refractivity contribution is 6.04. The van der Waals surface area contributed by atoms with E-state index in [0.29, 0.717) is 11.6 Å². The summed E-state index contributed by atoms with van der Waals surface area (Å²) >= 11 is 0. The summed E-state index contributed by atoms with van der Waals surface area (Å²) in [5, 5.41) is 6.00. The van der Waals surface area contributed by atoms with Crippen LogP contribution in [0.3, 0.4) is 0 Å².